The SMILES string of the molecule is CON(C)C(=O)Nc1ccc(C=C(C#N)C#N)cc1. The summed E-state index contributed by atoms with van der Waals surface area (Å²) in [5.74, 6) is 0. The number of nitrogens with zero attached hydrogens (tertiary/aromatic N) is 3. The summed E-state index contributed by atoms with van der Waals surface area (Å²) in [7, 11) is 2.87. The zero-order valence-electron chi connectivity index (χ0n) is 10.5. The van der Waals surface area contributed by atoms with E-state index in [0.29, 0.717) is 11.3 Å². The molecule has 0 fully saturated rings. The van der Waals surface area contributed by atoms with E-state index in [-0.39, 0.29) is 5.57 Å². The van der Waals surface area contributed by atoms with Gasteiger partial charge in [0, 0.05) is 12.7 Å². The van der Waals surface area contributed by atoms with E-state index in [9.17, 15) is 4.79 Å². The van der Waals surface area contributed by atoms with Crippen LogP contribution in [0.4, 0.5) is 10.5 Å². The van der Waals surface area contributed by atoms with Crippen LogP contribution < -0.4 is 5.32 Å². The zero-order valence-corrected chi connectivity index (χ0v) is 10.5. The van der Waals surface area contributed by atoms with Gasteiger partial charge in [-0.15, -0.1) is 0 Å². The normalized spacial score (nSPS) is 8.84. The first kappa shape index (κ1) is 14.2. The van der Waals surface area contributed by atoms with Crippen LogP contribution in [0.1, 0.15) is 5.56 Å². The van der Waals surface area contributed by atoms with Crippen LogP contribution in [0.2, 0.25) is 0 Å². The van der Waals surface area contributed by atoms with Crippen LogP contribution in [-0.2, 0) is 4.84 Å². The number of hydrogen-bond donors (Lipinski definition) is 1. The molecule has 0 aliphatic rings. The summed E-state index contributed by atoms with van der Waals surface area (Å²) in [6.45, 7) is 0. The topological polar surface area (TPSA) is 89.2 Å². The van der Waals surface area contributed by atoms with Gasteiger partial charge in [-0.25, -0.2) is 9.86 Å². The van der Waals surface area contributed by atoms with Crippen molar-refractivity contribution in [1.29, 1.82) is 10.5 Å². The Kier molecular flexibility index (Phi) is 5.09. The molecule has 0 radical (unpaired) electrons. The Labute approximate surface area is 111 Å². The third-order valence-electron chi connectivity index (χ3n) is 2.27. The van der Waals surface area contributed by atoms with Gasteiger partial charge in [0.25, 0.3) is 0 Å². The molecule has 1 N–H and O–H groups in total. The summed E-state index contributed by atoms with van der Waals surface area (Å²) in [4.78, 5) is 16.2. The quantitative estimate of drug-likeness (QED) is 0.662. The fourth-order valence-corrected chi connectivity index (χ4v) is 1.20. The molecule has 0 saturated carbocycles. The third-order valence-corrected chi connectivity index (χ3v) is 2.27. The summed E-state index contributed by atoms with van der Waals surface area (Å²) in [5, 5.41) is 20.9. The van der Waals surface area contributed by atoms with Crippen molar-refractivity contribution in [3.63, 3.8) is 0 Å². The molecule has 0 saturated heterocycles. The van der Waals surface area contributed by atoms with E-state index in [0.717, 1.165) is 5.06 Å². The number of carbonyl (C=O) groups is 1. The average molecular weight is 256 g/mol. The predicted octanol–water partition coefficient (Wildman–Crippen LogP) is 2.14. The van der Waals surface area contributed by atoms with E-state index in [1.807, 2.05) is 0 Å². The molecular formula is C13H12N4O2. The highest BCUT2D eigenvalue weighted by molar-refractivity contribution is 5.88. The largest absolute Gasteiger partial charge is 0.345 e. The van der Waals surface area contributed by atoms with Crippen LogP contribution in [-0.4, -0.2) is 25.3 Å². The monoisotopic (exact) mass is 256 g/mol. The molecule has 0 aliphatic carbocycles. The zero-order chi connectivity index (χ0) is 14.3. The molecule has 0 spiro atoms. The van der Waals surface area contributed by atoms with E-state index in [4.69, 9.17) is 15.4 Å². The maximum atomic E-state index is 11.5. The molecule has 1 rings (SSSR count). The molecule has 0 aliphatic heterocycles. The van der Waals surface area contributed by atoms with E-state index < -0.39 is 6.03 Å². The van der Waals surface area contributed by atoms with Gasteiger partial charge in [0.15, 0.2) is 0 Å². The third kappa shape index (κ3) is 4.15. The summed E-state index contributed by atoms with van der Waals surface area (Å²) in [6, 6.07) is 9.87. The first-order chi connectivity index (χ1) is 9.10. The van der Waals surface area contributed by atoms with Crippen molar-refractivity contribution >= 4 is 17.8 Å². The second-order valence-corrected chi connectivity index (χ2v) is 3.51. The Hall–Kier alpha value is -2.83. The van der Waals surface area contributed by atoms with Crippen LogP contribution in [0.3, 0.4) is 0 Å². The lowest BCUT2D eigenvalue weighted by molar-refractivity contribution is -0.0598. The standard InChI is InChI=1S/C13H12N4O2/c1-17(19-2)13(18)16-12-5-3-10(4-6-12)7-11(8-14)9-15/h3-7H,1-2H3,(H,16,18). The van der Waals surface area contributed by atoms with Crippen molar-refractivity contribution in [2.24, 2.45) is 0 Å². The second kappa shape index (κ2) is 6.80. The molecule has 1 aromatic carbocycles. The number of allylic oxidation sites excluding steroid dienone is 1. The number of nitrogens with one attached hydrogen (secondary N) is 1. The predicted molar refractivity (Wildman–Crippen MR) is 69.4 cm³/mol. The first-order valence-corrected chi connectivity index (χ1v) is 5.31. The second-order valence-electron chi connectivity index (χ2n) is 3.51. The fraction of sp³-hybridized carbons (Fsp3) is 0.154. The molecule has 6 heteroatoms. The maximum absolute atomic E-state index is 11.5. The maximum Gasteiger partial charge on any atom is 0.345 e. The van der Waals surface area contributed by atoms with Crippen molar-refractivity contribution in [3.05, 3.63) is 35.4 Å². The number of benzene rings is 1. The molecule has 0 aromatic heterocycles. The number of hydroxylamine groups is 2. The van der Waals surface area contributed by atoms with Gasteiger partial charge in [-0.2, -0.15) is 10.5 Å². The van der Waals surface area contributed by atoms with E-state index in [1.165, 1.54) is 20.2 Å². The van der Waals surface area contributed by atoms with Gasteiger partial charge in [-0.05, 0) is 23.8 Å². The van der Waals surface area contributed by atoms with E-state index in [1.54, 1.807) is 36.4 Å². The number of anilines is 1. The van der Waals surface area contributed by atoms with Crippen LogP contribution >= 0.6 is 0 Å². The van der Waals surface area contributed by atoms with Gasteiger partial charge in [-0.3, -0.25) is 4.84 Å². The van der Waals surface area contributed by atoms with E-state index in [2.05, 4.69) is 5.32 Å². The molecule has 0 bridgehead atoms. The van der Waals surface area contributed by atoms with E-state index >= 15 is 0 Å². The minimum absolute atomic E-state index is 0.0240. The lowest BCUT2D eigenvalue weighted by Crippen LogP contribution is -2.30. The molecule has 19 heavy (non-hydrogen) atoms. The van der Waals surface area contributed by atoms with Crippen LogP contribution in [0, 0.1) is 22.7 Å². The number of rotatable bonds is 3. The van der Waals surface area contributed by atoms with Gasteiger partial charge in [0.1, 0.15) is 17.7 Å². The summed E-state index contributed by atoms with van der Waals surface area (Å²) >= 11 is 0. The van der Waals surface area contributed by atoms with Crippen LogP contribution in [0.5, 0.6) is 0 Å². The van der Waals surface area contributed by atoms with Gasteiger partial charge in [0.05, 0.1) is 7.11 Å². The molecule has 2 amide bonds. The van der Waals surface area contributed by atoms with Gasteiger partial charge in [-0.1, -0.05) is 12.1 Å². The van der Waals surface area contributed by atoms with Crippen molar-refractivity contribution in [3.8, 4) is 12.1 Å². The Morgan fingerprint density at radius 3 is 2.37 bits per heavy atom. The number of urea groups is 1. The smallest absolute Gasteiger partial charge is 0.306 e. The van der Waals surface area contributed by atoms with Crippen molar-refractivity contribution in [2.45, 2.75) is 0 Å². The molecule has 6 nitrogen and oxygen atoms in total. The summed E-state index contributed by atoms with van der Waals surface area (Å²) in [6.07, 6.45) is 1.47. The number of nitriles is 2. The molecule has 96 valence electrons. The Bertz CT molecular complexity index is 548. The minimum atomic E-state index is -0.402. The van der Waals surface area contributed by atoms with Gasteiger partial charge >= 0.3 is 6.03 Å². The number of amides is 2. The number of hydrogen-bond acceptors (Lipinski definition) is 4. The lowest BCUT2D eigenvalue weighted by atomic mass is 10.1. The minimum Gasteiger partial charge on any atom is -0.306 e. The molecular weight excluding hydrogens is 244 g/mol. The van der Waals surface area contributed by atoms with Crippen molar-refractivity contribution < 1.29 is 9.63 Å². The Balaban J connectivity index is 2.79. The Morgan fingerprint density at radius 1 is 1.32 bits per heavy atom. The highest BCUT2D eigenvalue weighted by Crippen LogP contribution is 2.12. The van der Waals surface area contributed by atoms with Crippen LogP contribution in [0.25, 0.3) is 6.08 Å². The Morgan fingerprint density at radius 2 is 1.89 bits per heavy atom. The van der Waals surface area contributed by atoms with Crippen molar-refractivity contribution in [1.82, 2.24) is 5.06 Å². The highest BCUT2D eigenvalue weighted by Gasteiger charge is 2.07. The molecule has 0 unspecified atom stereocenters. The van der Waals surface area contributed by atoms with Gasteiger partial charge in [0.2, 0.25) is 0 Å². The average Bonchev–Trinajstić information content (AvgIpc) is 2.45. The fourth-order valence-electron chi connectivity index (χ4n) is 1.20. The molecule has 0 heterocycles. The molecule has 1 aromatic rings. The van der Waals surface area contributed by atoms with Crippen molar-refractivity contribution in [2.75, 3.05) is 19.5 Å². The summed E-state index contributed by atoms with van der Waals surface area (Å²) in [5.41, 5.74) is 1.31. The highest BCUT2D eigenvalue weighted by atomic mass is 16.7. The summed E-state index contributed by atoms with van der Waals surface area (Å²) < 4.78 is 0. The lowest BCUT2D eigenvalue weighted by Gasteiger charge is -2.14. The molecule has 0 atom stereocenters. The van der Waals surface area contributed by atoms with Gasteiger partial charge < -0.3 is 5.32 Å². The number of carbonyl (C=O) groups excluding carboxylic acids is 1. The van der Waals surface area contributed by atoms with Crippen LogP contribution in [0.15, 0.2) is 29.8 Å². The first-order valence-electron chi connectivity index (χ1n) is 5.31.